The van der Waals surface area contributed by atoms with Crippen LogP contribution in [0.2, 0.25) is 0 Å². The molecule has 0 bridgehead atoms. The van der Waals surface area contributed by atoms with Crippen LogP contribution in [-0.2, 0) is 12.8 Å². The molecule has 0 saturated heterocycles. The Morgan fingerprint density at radius 3 is 1.12 bits per heavy atom. The van der Waals surface area contributed by atoms with Gasteiger partial charge < -0.3 is 9.47 Å². The third kappa shape index (κ3) is 9.99. The molecule has 6 nitrogen and oxygen atoms in total. The van der Waals surface area contributed by atoms with Crippen LogP contribution in [0.5, 0.6) is 11.5 Å². The van der Waals surface area contributed by atoms with Crippen LogP contribution in [0.1, 0.15) is 87.9 Å². The summed E-state index contributed by atoms with van der Waals surface area (Å²) in [5.41, 5.74) is 4.48. The average molecular weight is 571 g/mol. The van der Waals surface area contributed by atoms with Gasteiger partial charge in [-0.2, -0.15) is 10.5 Å². The highest BCUT2D eigenvalue weighted by Crippen LogP contribution is 2.18. The van der Waals surface area contributed by atoms with E-state index in [1.165, 1.54) is 43.2 Å². The van der Waals surface area contributed by atoms with Gasteiger partial charge >= 0.3 is 11.9 Å². The van der Waals surface area contributed by atoms with Gasteiger partial charge in [0.05, 0.1) is 34.4 Å². The van der Waals surface area contributed by atoms with Crippen LogP contribution in [0.4, 0.5) is 0 Å². The number of hydrogen-bond acceptors (Lipinski definition) is 6. The minimum atomic E-state index is -0.408. The first kappa shape index (κ1) is 30.8. The molecule has 0 spiro atoms. The predicted octanol–water partition coefficient (Wildman–Crippen LogP) is 8.38. The summed E-state index contributed by atoms with van der Waals surface area (Å²) >= 11 is 0. The molecule has 4 aromatic carbocycles. The van der Waals surface area contributed by atoms with Crippen molar-refractivity contribution in [3.8, 4) is 23.6 Å². The van der Waals surface area contributed by atoms with E-state index < -0.39 is 11.9 Å². The molecule has 0 aliphatic carbocycles. The van der Waals surface area contributed by atoms with E-state index in [0.29, 0.717) is 33.8 Å². The van der Waals surface area contributed by atoms with E-state index in [-0.39, 0.29) is 0 Å². The SMILES string of the molecule is N#Cc1ccc(OC(=O)c2ccc(CCCCCCCCCc3ccc(C(=O)Oc4ccc(C#N)cc4)cc3)cc2)cc1. The highest BCUT2D eigenvalue weighted by molar-refractivity contribution is 5.91. The van der Waals surface area contributed by atoms with Gasteiger partial charge in [-0.15, -0.1) is 0 Å². The average Bonchev–Trinajstić information content (AvgIpc) is 3.05. The topological polar surface area (TPSA) is 100 Å². The first-order chi connectivity index (χ1) is 21.0. The standard InChI is InChI=1S/C37H34N2O4/c38-26-30-14-22-34(23-15-30)42-36(40)32-18-10-28(11-19-32)8-6-4-2-1-3-5-7-9-29-12-20-33(21-13-29)37(41)43-35-24-16-31(27-39)17-25-35/h10-25H,1-9H2. The van der Waals surface area contributed by atoms with Crippen molar-refractivity contribution in [2.75, 3.05) is 0 Å². The van der Waals surface area contributed by atoms with E-state index in [0.717, 1.165) is 25.7 Å². The second-order valence-electron chi connectivity index (χ2n) is 10.4. The molecule has 0 atom stereocenters. The fourth-order valence-electron chi connectivity index (χ4n) is 4.68. The molecule has 0 radical (unpaired) electrons. The van der Waals surface area contributed by atoms with Gasteiger partial charge in [-0.3, -0.25) is 0 Å². The van der Waals surface area contributed by atoms with E-state index in [9.17, 15) is 9.59 Å². The Bertz CT molecular complexity index is 1440. The van der Waals surface area contributed by atoms with Crippen LogP contribution in [0.25, 0.3) is 0 Å². The van der Waals surface area contributed by atoms with Gasteiger partial charge in [0.25, 0.3) is 0 Å². The van der Waals surface area contributed by atoms with Gasteiger partial charge in [-0.25, -0.2) is 9.59 Å². The van der Waals surface area contributed by atoms with Gasteiger partial charge in [0, 0.05) is 0 Å². The minimum absolute atomic E-state index is 0.408. The summed E-state index contributed by atoms with van der Waals surface area (Å²) in [5, 5.41) is 17.7. The lowest BCUT2D eigenvalue weighted by molar-refractivity contribution is 0.0725. The number of esters is 2. The van der Waals surface area contributed by atoms with Crippen LogP contribution in [0.3, 0.4) is 0 Å². The lowest BCUT2D eigenvalue weighted by Crippen LogP contribution is -2.08. The monoisotopic (exact) mass is 570 g/mol. The molecular formula is C37H34N2O4. The maximum Gasteiger partial charge on any atom is 0.343 e. The number of benzene rings is 4. The van der Waals surface area contributed by atoms with Gasteiger partial charge in [0.1, 0.15) is 11.5 Å². The van der Waals surface area contributed by atoms with Crippen molar-refractivity contribution in [2.24, 2.45) is 0 Å². The Morgan fingerprint density at radius 1 is 0.465 bits per heavy atom. The van der Waals surface area contributed by atoms with Crippen molar-refractivity contribution < 1.29 is 19.1 Å². The van der Waals surface area contributed by atoms with Crippen LogP contribution < -0.4 is 9.47 Å². The number of nitriles is 2. The van der Waals surface area contributed by atoms with Crippen LogP contribution in [0.15, 0.2) is 97.1 Å². The minimum Gasteiger partial charge on any atom is -0.423 e. The zero-order valence-electron chi connectivity index (χ0n) is 24.1. The van der Waals surface area contributed by atoms with Gasteiger partial charge in [0.15, 0.2) is 0 Å². The highest BCUT2D eigenvalue weighted by atomic mass is 16.5. The summed E-state index contributed by atoms with van der Waals surface area (Å²) in [6.45, 7) is 0. The Balaban J connectivity index is 1.04. The van der Waals surface area contributed by atoms with Crippen molar-refractivity contribution in [2.45, 2.75) is 57.8 Å². The van der Waals surface area contributed by atoms with Crippen molar-refractivity contribution in [3.05, 3.63) is 130 Å². The van der Waals surface area contributed by atoms with Crippen LogP contribution >= 0.6 is 0 Å². The molecule has 0 saturated carbocycles. The maximum absolute atomic E-state index is 12.4. The Hall–Kier alpha value is -5.20. The molecule has 0 heterocycles. The van der Waals surface area contributed by atoms with Gasteiger partial charge in [-0.1, -0.05) is 56.4 Å². The van der Waals surface area contributed by atoms with Crippen molar-refractivity contribution >= 4 is 11.9 Å². The third-order valence-corrected chi connectivity index (χ3v) is 7.20. The summed E-state index contributed by atoms with van der Waals surface area (Å²) in [4.78, 5) is 24.7. The summed E-state index contributed by atoms with van der Waals surface area (Å²) in [7, 11) is 0. The quantitative estimate of drug-likeness (QED) is 0.0857. The molecule has 0 aliphatic rings. The lowest BCUT2D eigenvalue weighted by Gasteiger charge is -2.07. The lowest BCUT2D eigenvalue weighted by atomic mass is 10.0. The number of ether oxygens (including phenoxy) is 2. The van der Waals surface area contributed by atoms with Crippen molar-refractivity contribution in [1.29, 1.82) is 10.5 Å². The number of carbonyl (C=O) groups excluding carboxylic acids is 2. The molecule has 0 fully saturated rings. The van der Waals surface area contributed by atoms with E-state index in [4.69, 9.17) is 20.0 Å². The fraction of sp³-hybridized carbons (Fsp3) is 0.243. The molecule has 0 unspecified atom stereocenters. The molecule has 43 heavy (non-hydrogen) atoms. The Morgan fingerprint density at radius 2 is 0.791 bits per heavy atom. The third-order valence-electron chi connectivity index (χ3n) is 7.20. The molecule has 0 N–H and O–H groups in total. The Labute approximate surface area is 253 Å². The summed E-state index contributed by atoms with van der Waals surface area (Å²) in [6.07, 6.45) is 10.2. The van der Waals surface area contributed by atoms with E-state index in [1.807, 2.05) is 36.4 Å². The summed E-state index contributed by atoms with van der Waals surface area (Å²) in [6, 6.07) is 32.2. The maximum atomic E-state index is 12.4. The second-order valence-corrected chi connectivity index (χ2v) is 10.4. The predicted molar refractivity (Wildman–Crippen MR) is 165 cm³/mol. The molecular weight excluding hydrogens is 536 g/mol. The second kappa shape index (κ2) is 16.3. The van der Waals surface area contributed by atoms with E-state index >= 15 is 0 Å². The van der Waals surface area contributed by atoms with Gasteiger partial charge in [0.2, 0.25) is 0 Å². The zero-order valence-corrected chi connectivity index (χ0v) is 24.1. The summed E-state index contributed by atoms with van der Waals surface area (Å²) < 4.78 is 10.8. The Kier molecular flexibility index (Phi) is 11.7. The smallest absolute Gasteiger partial charge is 0.343 e. The fourth-order valence-corrected chi connectivity index (χ4v) is 4.68. The molecule has 216 valence electrons. The van der Waals surface area contributed by atoms with Crippen molar-refractivity contribution in [1.82, 2.24) is 0 Å². The largest absolute Gasteiger partial charge is 0.423 e. The van der Waals surface area contributed by atoms with Crippen LogP contribution in [0, 0.1) is 22.7 Å². The van der Waals surface area contributed by atoms with Crippen molar-refractivity contribution in [3.63, 3.8) is 0 Å². The number of nitrogens with zero attached hydrogens (tertiary/aromatic N) is 2. The molecule has 0 aliphatic heterocycles. The number of carbonyl (C=O) groups is 2. The molecule has 0 aromatic heterocycles. The van der Waals surface area contributed by atoms with E-state index in [1.54, 1.807) is 72.8 Å². The first-order valence-electron chi connectivity index (χ1n) is 14.7. The first-order valence-corrected chi connectivity index (χ1v) is 14.7. The summed E-state index contributed by atoms with van der Waals surface area (Å²) in [5.74, 6) is 0.0232. The number of aryl methyl sites for hydroxylation is 2. The number of hydrogen-bond donors (Lipinski definition) is 0. The molecule has 4 rings (SSSR count). The molecule has 6 heteroatoms. The zero-order chi connectivity index (χ0) is 30.3. The normalized spacial score (nSPS) is 10.4. The number of rotatable bonds is 14. The molecule has 0 amide bonds. The van der Waals surface area contributed by atoms with Gasteiger partial charge in [-0.05, 0) is 110 Å². The highest BCUT2D eigenvalue weighted by Gasteiger charge is 2.10. The van der Waals surface area contributed by atoms with Crippen LogP contribution in [-0.4, -0.2) is 11.9 Å². The van der Waals surface area contributed by atoms with E-state index in [2.05, 4.69) is 0 Å². The molecule has 4 aromatic rings. The number of unbranched alkanes of at least 4 members (excludes halogenated alkanes) is 6.